The SMILES string of the molecule is O=C(O)C1(O)CN(Cc2ccc(-c3cc4cc(Cc5ccccc5)ccc4o3)c(F)c2)C1. The smallest absolute Gasteiger partial charge is 0.338 e. The molecule has 0 radical (unpaired) electrons. The van der Waals surface area contributed by atoms with E-state index in [-0.39, 0.29) is 13.1 Å². The van der Waals surface area contributed by atoms with Crippen molar-refractivity contribution in [3.63, 3.8) is 0 Å². The molecule has 1 fully saturated rings. The molecule has 5 rings (SSSR count). The van der Waals surface area contributed by atoms with Gasteiger partial charge in [0.25, 0.3) is 0 Å². The molecule has 6 heteroatoms. The largest absolute Gasteiger partial charge is 0.479 e. The molecule has 0 saturated carbocycles. The third kappa shape index (κ3) is 3.90. The van der Waals surface area contributed by atoms with Gasteiger partial charge in [-0.25, -0.2) is 9.18 Å². The normalized spacial score (nSPS) is 15.6. The Bertz CT molecular complexity index is 1290. The highest BCUT2D eigenvalue weighted by atomic mass is 19.1. The number of aliphatic carboxylic acids is 1. The first kappa shape index (κ1) is 20.4. The van der Waals surface area contributed by atoms with Gasteiger partial charge in [-0.05, 0) is 53.4 Å². The minimum absolute atomic E-state index is 0.0284. The van der Waals surface area contributed by atoms with E-state index in [1.807, 2.05) is 36.4 Å². The van der Waals surface area contributed by atoms with E-state index in [1.165, 1.54) is 11.6 Å². The molecule has 1 aliphatic rings. The van der Waals surface area contributed by atoms with Gasteiger partial charge in [0.1, 0.15) is 17.2 Å². The Kier molecular flexibility index (Phi) is 5.04. The molecule has 5 nitrogen and oxygen atoms in total. The molecule has 2 heterocycles. The predicted molar refractivity (Wildman–Crippen MR) is 119 cm³/mol. The van der Waals surface area contributed by atoms with E-state index in [2.05, 4.69) is 18.2 Å². The lowest BCUT2D eigenvalue weighted by atomic mass is 9.93. The van der Waals surface area contributed by atoms with Gasteiger partial charge in [0.15, 0.2) is 5.60 Å². The summed E-state index contributed by atoms with van der Waals surface area (Å²) < 4.78 is 20.8. The second-order valence-corrected chi connectivity index (χ2v) is 8.44. The van der Waals surface area contributed by atoms with Crippen molar-refractivity contribution in [1.82, 2.24) is 4.90 Å². The summed E-state index contributed by atoms with van der Waals surface area (Å²) in [5.41, 5.74) is 2.46. The van der Waals surface area contributed by atoms with Crippen molar-refractivity contribution in [3.05, 3.63) is 95.3 Å². The summed E-state index contributed by atoms with van der Waals surface area (Å²) >= 11 is 0. The summed E-state index contributed by atoms with van der Waals surface area (Å²) in [4.78, 5) is 12.8. The van der Waals surface area contributed by atoms with E-state index in [9.17, 15) is 14.3 Å². The summed E-state index contributed by atoms with van der Waals surface area (Å²) in [5, 5.41) is 19.7. The van der Waals surface area contributed by atoms with Crippen molar-refractivity contribution in [2.45, 2.75) is 18.6 Å². The molecule has 1 saturated heterocycles. The van der Waals surface area contributed by atoms with Crippen LogP contribution in [-0.2, 0) is 17.8 Å². The maximum absolute atomic E-state index is 14.9. The number of nitrogens with zero attached hydrogens (tertiary/aromatic N) is 1. The molecule has 0 aliphatic carbocycles. The van der Waals surface area contributed by atoms with Crippen LogP contribution in [0.2, 0.25) is 0 Å². The van der Waals surface area contributed by atoms with Gasteiger partial charge in [0.05, 0.1) is 5.56 Å². The molecule has 0 spiro atoms. The van der Waals surface area contributed by atoms with Crippen LogP contribution in [0, 0.1) is 5.82 Å². The van der Waals surface area contributed by atoms with Gasteiger partial charge in [-0.1, -0.05) is 42.5 Å². The Morgan fingerprint density at radius 2 is 1.72 bits per heavy atom. The van der Waals surface area contributed by atoms with Crippen molar-refractivity contribution in [2.75, 3.05) is 13.1 Å². The summed E-state index contributed by atoms with van der Waals surface area (Å²) in [6.45, 7) is 0.428. The van der Waals surface area contributed by atoms with Crippen molar-refractivity contribution in [1.29, 1.82) is 0 Å². The first-order valence-corrected chi connectivity index (χ1v) is 10.4. The fraction of sp³-hybridized carbons (Fsp3) is 0.192. The van der Waals surface area contributed by atoms with E-state index in [0.29, 0.717) is 29.0 Å². The topological polar surface area (TPSA) is 73.9 Å². The molecule has 0 atom stereocenters. The fourth-order valence-electron chi connectivity index (χ4n) is 4.22. The number of β-amino-alcohol motifs (C(OH)–C–C–N with tert-alkyl or cyclic N) is 1. The Morgan fingerprint density at radius 1 is 0.969 bits per heavy atom. The van der Waals surface area contributed by atoms with Crippen molar-refractivity contribution >= 4 is 16.9 Å². The first-order valence-electron chi connectivity index (χ1n) is 10.4. The zero-order valence-corrected chi connectivity index (χ0v) is 17.3. The van der Waals surface area contributed by atoms with Gasteiger partial charge in [-0.15, -0.1) is 0 Å². The van der Waals surface area contributed by atoms with E-state index < -0.39 is 17.4 Å². The van der Waals surface area contributed by atoms with Crippen molar-refractivity contribution in [2.24, 2.45) is 0 Å². The van der Waals surface area contributed by atoms with Crippen LogP contribution in [0.1, 0.15) is 16.7 Å². The first-order chi connectivity index (χ1) is 15.4. The number of carboxylic acids is 1. The lowest BCUT2D eigenvalue weighted by Crippen LogP contribution is -2.65. The molecule has 1 aromatic heterocycles. The third-order valence-electron chi connectivity index (χ3n) is 5.91. The van der Waals surface area contributed by atoms with Crippen molar-refractivity contribution < 1.29 is 23.8 Å². The second-order valence-electron chi connectivity index (χ2n) is 8.44. The minimum atomic E-state index is -1.70. The number of hydrogen-bond acceptors (Lipinski definition) is 4. The number of carbonyl (C=O) groups is 1. The average molecular weight is 431 g/mol. The predicted octanol–water partition coefficient (Wildman–Crippen LogP) is 4.46. The zero-order valence-electron chi connectivity index (χ0n) is 17.3. The van der Waals surface area contributed by atoms with Gasteiger partial charge in [-0.2, -0.15) is 0 Å². The number of fused-ring (bicyclic) bond motifs is 1. The number of rotatable bonds is 6. The molecule has 3 aromatic carbocycles. The van der Waals surface area contributed by atoms with E-state index in [4.69, 9.17) is 9.52 Å². The minimum Gasteiger partial charge on any atom is -0.479 e. The average Bonchev–Trinajstić information content (AvgIpc) is 3.16. The molecule has 2 N–H and O–H groups in total. The molecule has 32 heavy (non-hydrogen) atoms. The van der Waals surface area contributed by atoms with Gasteiger partial charge < -0.3 is 14.6 Å². The van der Waals surface area contributed by atoms with E-state index in [0.717, 1.165) is 17.4 Å². The van der Waals surface area contributed by atoms with Crippen LogP contribution in [-0.4, -0.2) is 39.8 Å². The number of hydrogen-bond donors (Lipinski definition) is 2. The summed E-state index contributed by atoms with van der Waals surface area (Å²) in [6, 6.07) is 23.0. The third-order valence-corrected chi connectivity index (χ3v) is 5.91. The van der Waals surface area contributed by atoms with Crippen LogP contribution in [0.3, 0.4) is 0 Å². The Morgan fingerprint density at radius 3 is 2.44 bits per heavy atom. The van der Waals surface area contributed by atoms with Crippen LogP contribution in [0.25, 0.3) is 22.3 Å². The molecular formula is C26H22FNO4. The number of aliphatic hydroxyl groups is 1. The molecule has 4 aromatic rings. The van der Waals surface area contributed by atoms with E-state index >= 15 is 0 Å². The molecular weight excluding hydrogens is 409 g/mol. The molecule has 0 amide bonds. The lowest BCUT2D eigenvalue weighted by Gasteiger charge is -2.43. The van der Waals surface area contributed by atoms with Crippen LogP contribution in [0.4, 0.5) is 4.39 Å². The quantitative estimate of drug-likeness (QED) is 0.472. The summed E-state index contributed by atoms with van der Waals surface area (Å²) in [7, 11) is 0. The maximum atomic E-state index is 14.9. The Hall–Kier alpha value is -3.48. The fourth-order valence-corrected chi connectivity index (χ4v) is 4.22. The summed E-state index contributed by atoms with van der Waals surface area (Å²) in [5.74, 6) is -1.17. The van der Waals surface area contributed by atoms with Crippen LogP contribution in [0.15, 0.2) is 77.2 Å². The maximum Gasteiger partial charge on any atom is 0.338 e. The zero-order chi connectivity index (χ0) is 22.3. The van der Waals surface area contributed by atoms with Crippen LogP contribution >= 0.6 is 0 Å². The highest BCUT2D eigenvalue weighted by Crippen LogP contribution is 2.32. The van der Waals surface area contributed by atoms with Gasteiger partial charge in [0, 0.05) is 25.0 Å². The number of likely N-dealkylation sites (tertiary alicyclic amines) is 1. The molecule has 1 aliphatic heterocycles. The Labute approximate surface area is 184 Å². The number of benzene rings is 3. The molecule has 0 unspecified atom stereocenters. The number of halogens is 1. The number of carboxylic acid groups (broad SMARTS) is 1. The highest BCUT2D eigenvalue weighted by molar-refractivity contribution is 5.83. The number of furan rings is 1. The van der Waals surface area contributed by atoms with Gasteiger partial charge in [0.2, 0.25) is 0 Å². The van der Waals surface area contributed by atoms with Gasteiger partial charge in [-0.3, -0.25) is 4.90 Å². The lowest BCUT2D eigenvalue weighted by molar-refractivity contribution is -0.178. The summed E-state index contributed by atoms with van der Waals surface area (Å²) in [6.07, 6.45) is 0.813. The second kappa shape index (κ2) is 7.89. The van der Waals surface area contributed by atoms with Crippen LogP contribution in [0.5, 0.6) is 0 Å². The van der Waals surface area contributed by atoms with Crippen molar-refractivity contribution in [3.8, 4) is 11.3 Å². The highest BCUT2D eigenvalue weighted by Gasteiger charge is 2.47. The molecule has 162 valence electrons. The standard InChI is InChI=1S/C26H22FNO4/c27-22-12-19(14-28-15-26(31,16-28)25(29)30)6-8-21(22)24-13-20-11-18(7-9-23(20)32-24)10-17-4-2-1-3-5-17/h1-9,11-13,31H,10,14-16H2,(H,29,30). The van der Waals surface area contributed by atoms with Crippen LogP contribution < -0.4 is 0 Å². The Balaban J connectivity index is 1.33. The van der Waals surface area contributed by atoms with Gasteiger partial charge >= 0.3 is 5.97 Å². The van der Waals surface area contributed by atoms with E-state index in [1.54, 1.807) is 17.0 Å². The monoisotopic (exact) mass is 431 g/mol. The molecule has 0 bridgehead atoms.